The maximum absolute atomic E-state index is 12.3. The summed E-state index contributed by atoms with van der Waals surface area (Å²) in [5.74, 6) is -0.982. The zero-order valence-corrected chi connectivity index (χ0v) is 25.4. The predicted molar refractivity (Wildman–Crippen MR) is 153 cm³/mol. The molecule has 9 nitrogen and oxygen atoms in total. The minimum absolute atomic E-state index is 0.0460. The second kappa shape index (κ2) is 22.8. The van der Waals surface area contributed by atoms with Gasteiger partial charge < -0.3 is 27.9 Å². The summed E-state index contributed by atoms with van der Waals surface area (Å²) >= 11 is 0. The third kappa shape index (κ3) is 26.0. The van der Waals surface area contributed by atoms with Gasteiger partial charge in [0.2, 0.25) is 0 Å². The number of phosphoric acid groups is 1. The van der Waals surface area contributed by atoms with Gasteiger partial charge in [0, 0.05) is 12.8 Å². The molecule has 0 aromatic rings. The summed E-state index contributed by atoms with van der Waals surface area (Å²) in [5, 5.41) is 0. The van der Waals surface area contributed by atoms with Gasteiger partial charge in [-0.25, -0.2) is 0 Å². The first-order valence-corrected chi connectivity index (χ1v) is 15.3. The number of rotatable bonds is 23. The number of hydrogen-bond acceptors (Lipinski definition) is 8. The summed E-state index contributed by atoms with van der Waals surface area (Å²) in [5.41, 5.74) is 0. The smallest absolute Gasteiger partial charge is 0.306 e. The third-order valence-electron chi connectivity index (χ3n) is 5.13. The molecule has 0 saturated heterocycles. The average molecular weight is 572 g/mol. The number of nitrogens with zero attached hydrogens (tertiary/aromatic N) is 1. The predicted octanol–water partition coefficient (Wildman–Crippen LogP) is 5.42. The van der Waals surface area contributed by atoms with Crippen LogP contribution in [0.5, 0.6) is 0 Å². The Morgan fingerprint density at radius 1 is 0.821 bits per heavy atom. The van der Waals surface area contributed by atoms with Crippen molar-refractivity contribution in [3.63, 3.8) is 0 Å². The largest absolute Gasteiger partial charge is 0.756 e. The second-order valence-electron chi connectivity index (χ2n) is 10.0. The molecule has 10 heteroatoms. The molecule has 0 aliphatic heterocycles. The Balaban J connectivity index is 4.57. The highest BCUT2D eigenvalue weighted by atomic mass is 31.2. The van der Waals surface area contributed by atoms with E-state index in [1.54, 1.807) is 0 Å². The van der Waals surface area contributed by atoms with Gasteiger partial charge in [-0.3, -0.25) is 14.2 Å². The summed E-state index contributed by atoms with van der Waals surface area (Å²) in [7, 11) is 1.10. The molecule has 0 radical (unpaired) electrons. The van der Waals surface area contributed by atoms with Gasteiger partial charge >= 0.3 is 11.9 Å². The molecule has 0 aromatic carbocycles. The second-order valence-corrected chi connectivity index (χ2v) is 11.4. The van der Waals surface area contributed by atoms with Gasteiger partial charge in [0.15, 0.2) is 6.10 Å². The van der Waals surface area contributed by atoms with E-state index in [-0.39, 0.29) is 26.1 Å². The highest BCUT2D eigenvalue weighted by molar-refractivity contribution is 7.45. The fourth-order valence-electron chi connectivity index (χ4n) is 2.88. The lowest BCUT2D eigenvalue weighted by Gasteiger charge is -2.28. The van der Waals surface area contributed by atoms with Crippen molar-refractivity contribution < 1.29 is 42.1 Å². The summed E-state index contributed by atoms with van der Waals surface area (Å²) in [6.07, 6.45) is 21.4. The van der Waals surface area contributed by atoms with E-state index in [9.17, 15) is 19.0 Å². The van der Waals surface area contributed by atoms with Crippen molar-refractivity contribution in [1.29, 1.82) is 0 Å². The summed E-state index contributed by atoms with van der Waals surface area (Å²) in [4.78, 5) is 36.3. The van der Waals surface area contributed by atoms with Crippen LogP contribution in [0.4, 0.5) is 0 Å². The molecular formula is C29H50NO8P. The quantitative estimate of drug-likeness (QED) is 0.0691. The van der Waals surface area contributed by atoms with E-state index in [1.165, 1.54) is 0 Å². The fourth-order valence-corrected chi connectivity index (χ4v) is 3.61. The van der Waals surface area contributed by atoms with E-state index in [0.29, 0.717) is 23.9 Å². The van der Waals surface area contributed by atoms with Crippen LogP contribution in [0, 0.1) is 0 Å². The molecule has 224 valence electrons. The van der Waals surface area contributed by atoms with E-state index < -0.39 is 32.5 Å². The number of likely N-dealkylation sites (N-methyl/N-ethyl adjacent to an activating group) is 1. The van der Waals surface area contributed by atoms with Crippen molar-refractivity contribution >= 4 is 19.8 Å². The maximum Gasteiger partial charge on any atom is 0.306 e. The molecule has 0 saturated carbocycles. The summed E-state index contributed by atoms with van der Waals surface area (Å²) < 4.78 is 32.9. The Morgan fingerprint density at radius 2 is 1.41 bits per heavy atom. The van der Waals surface area contributed by atoms with Gasteiger partial charge in [0.25, 0.3) is 7.82 Å². The zero-order chi connectivity index (χ0) is 29.4. The number of carbonyl (C=O) groups is 2. The van der Waals surface area contributed by atoms with Crippen molar-refractivity contribution in [2.75, 3.05) is 47.5 Å². The third-order valence-corrected chi connectivity index (χ3v) is 6.09. The molecule has 0 aliphatic rings. The number of allylic oxidation sites excluding steroid dienone is 8. The molecule has 0 heterocycles. The van der Waals surface area contributed by atoms with Crippen LogP contribution in [0.15, 0.2) is 48.6 Å². The van der Waals surface area contributed by atoms with Crippen molar-refractivity contribution in [2.24, 2.45) is 0 Å². The summed E-state index contributed by atoms with van der Waals surface area (Å²) in [6, 6.07) is 0. The molecule has 0 bridgehead atoms. The first kappa shape index (κ1) is 37.0. The maximum atomic E-state index is 12.3. The highest BCUT2D eigenvalue weighted by Gasteiger charge is 2.21. The SMILES string of the molecule is CC/C=C\C/C=C\C/C=C\C/C=C\CCC(=O)OC(COC(=O)CCCC)COP(=O)([O-])OCC[N+](C)(C)C. The van der Waals surface area contributed by atoms with Gasteiger partial charge in [-0.1, -0.05) is 68.9 Å². The molecule has 0 amide bonds. The number of esters is 2. The van der Waals surface area contributed by atoms with E-state index in [1.807, 2.05) is 40.2 Å². The first-order chi connectivity index (χ1) is 18.5. The van der Waals surface area contributed by atoms with Crippen LogP contribution in [0.25, 0.3) is 0 Å². The molecule has 0 aliphatic carbocycles. The molecule has 0 fully saturated rings. The van der Waals surface area contributed by atoms with Gasteiger partial charge in [-0.05, 0) is 38.5 Å². The van der Waals surface area contributed by atoms with Crippen LogP contribution >= 0.6 is 7.82 Å². The van der Waals surface area contributed by atoms with E-state index in [4.69, 9.17) is 18.5 Å². The number of ether oxygens (including phenoxy) is 2. The minimum atomic E-state index is -4.61. The first-order valence-electron chi connectivity index (χ1n) is 13.8. The Morgan fingerprint density at radius 3 is 1.97 bits per heavy atom. The number of quaternary nitrogens is 1. The van der Waals surface area contributed by atoms with Crippen molar-refractivity contribution in [3.05, 3.63) is 48.6 Å². The van der Waals surface area contributed by atoms with Gasteiger partial charge in [-0.2, -0.15) is 0 Å². The fraction of sp³-hybridized carbons (Fsp3) is 0.655. The molecule has 39 heavy (non-hydrogen) atoms. The minimum Gasteiger partial charge on any atom is -0.756 e. The van der Waals surface area contributed by atoms with E-state index >= 15 is 0 Å². The van der Waals surface area contributed by atoms with Crippen LogP contribution in [0.1, 0.15) is 71.6 Å². The average Bonchev–Trinajstić information content (AvgIpc) is 2.86. The van der Waals surface area contributed by atoms with Crippen LogP contribution in [-0.2, 0) is 32.7 Å². The zero-order valence-electron chi connectivity index (χ0n) is 24.5. The van der Waals surface area contributed by atoms with Crippen molar-refractivity contribution in [3.8, 4) is 0 Å². The van der Waals surface area contributed by atoms with Crippen LogP contribution in [-0.4, -0.2) is 70.0 Å². The number of phosphoric ester groups is 1. The monoisotopic (exact) mass is 571 g/mol. The van der Waals surface area contributed by atoms with Crippen LogP contribution in [0.2, 0.25) is 0 Å². The molecule has 2 atom stereocenters. The Hall–Kier alpha value is -2.03. The van der Waals surface area contributed by atoms with Crippen molar-refractivity contribution in [2.45, 2.75) is 77.7 Å². The van der Waals surface area contributed by atoms with E-state index in [0.717, 1.165) is 32.1 Å². The Kier molecular flexibility index (Phi) is 21.6. The number of carbonyl (C=O) groups excluding carboxylic acids is 2. The molecule has 0 N–H and O–H groups in total. The van der Waals surface area contributed by atoms with Crippen molar-refractivity contribution in [1.82, 2.24) is 0 Å². The standard InChI is InChI=1S/C29H50NO8P/c1-6-8-10-11-12-13-14-15-16-17-18-19-20-22-29(32)38-27(25-35-28(31)21-9-7-2)26-37-39(33,34)36-24-23-30(3,4)5/h8,10,12-13,15-16,18-19,27H,6-7,9,11,14,17,20-26H2,1-5H3/b10-8-,13-12-,16-15-,19-18-. The topological polar surface area (TPSA) is 111 Å². The van der Waals surface area contributed by atoms with Crippen LogP contribution in [0.3, 0.4) is 0 Å². The number of unbranched alkanes of at least 4 members (excludes halogenated alkanes) is 1. The summed E-state index contributed by atoms with van der Waals surface area (Å²) in [6.45, 7) is 3.68. The van der Waals surface area contributed by atoms with E-state index in [2.05, 4.69) is 43.4 Å². The van der Waals surface area contributed by atoms with Gasteiger partial charge in [-0.15, -0.1) is 0 Å². The lowest BCUT2D eigenvalue weighted by Crippen LogP contribution is -2.37. The molecule has 2 unspecified atom stereocenters. The highest BCUT2D eigenvalue weighted by Crippen LogP contribution is 2.38. The molecular weight excluding hydrogens is 521 g/mol. The van der Waals surface area contributed by atoms with Crippen LogP contribution < -0.4 is 4.89 Å². The number of hydrogen-bond donors (Lipinski definition) is 0. The van der Waals surface area contributed by atoms with Gasteiger partial charge in [0.05, 0.1) is 27.7 Å². The lowest BCUT2D eigenvalue weighted by atomic mass is 10.2. The Bertz CT molecular complexity index is 830. The molecule has 0 aromatic heterocycles. The molecule has 0 spiro atoms. The molecule has 0 rings (SSSR count). The Labute approximate surface area is 235 Å². The normalized spacial score (nSPS) is 14.9. The van der Waals surface area contributed by atoms with Gasteiger partial charge in [0.1, 0.15) is 19.8 Å². The lowest BCUT2D eigenvalue weighted by molar-refractivity contribution is -0.870.